The van der Waals surface area contributed by atoms with E-state index in [4.69, 9.17) is 9.47 Å². The molecule has 0 heterocycles. The van der Waals surface area contributed by atoms with E-state index in [0.29, 0.717) is 17.9 Å². The van der Waals surface area contributed by atoms with Crippen LogP contribution in [0.3, 0.4) is 0 Å². The van der Waals surface area contributed by atoms with E-state index < -0.39 is 5.97 Å². The van der Waals surface area contributed by atoms with Crippen molar-refractivity contribution >= 4 is 11.8 Å². The molecule has 2 aromatic carbocycles. The highest BCUT2D eigenvalue weighted by molar-refractivity contribution is 6.14. The maximum atomic E-state index is 12.7. The van der Waals surface area contributed by atoms with Gasteiger partial charge in [0.15, 0.2) is 5.78 Å². The van der Waals surface area contributed by atoms with Gasteiger partial charge in [-0.3, -0.25) is 4.79 Å². The van der Waals surface area contributed by atoms with Crippen molar-refractivity contribution in [1.82, 2.24) is 0 Å². The quantitative estimate of drug-likeness (QED) is 0.478. The van der Waals surface area contributed by atoms with Crippen molar-refractivity contribution in [1.29, 1.82) is 0 Å². The Morgan fingerprint density at radius 1 is 1.04 bits per heavy atom. The molecule has 24 heavy (non-hydrogen) atoms. The number of ketones is 1. The summed E-state index contributed by atoms with van der Waals surface area (Å²) in [6.45, 7) is 2.31. The summed E-state index contributed by atoms with van der Waals surface area (Å²) in [5.74, 6) is -0.330. The number of carbonyl (C=O) groups excluding carboxylic acids is 2. The Labute approximate surface area is 140 Å². The van der Waals surface area contributed by atoms with E-state index in [2.05, 4.69) is 0 Å². The zero-order chi connectivity index (χ0) is 17.5. The van der Waals surface area contributed by atoms with Gasteiger partial charge in [-0.2, -0.15) is 0 Å². The molecule has 0 unspecified atom stereocenters. The highest BCUT2D eigenvalue weighted by Gasteiger charge is 2.20. The molecule has 0 spiro atoms. The van der Waals surface area contributed by atoms with Crippen LogP contribution in [-0.2, 0) is 4.74 Å². The number of esters is 1. The smallest absolute Gasteiger partial charge is 0.338 e. The minimum Gasteiger partial charge on any atom is -0.508 e. The van der Waals surface area contributed by atoms with Gasteiger partial charge in [-0.15, -0.1) is 0 Å². The maximum absolute atomic E-state index is 12.7. The molecule has 0 saturated heterocycles. The van der Waals surface area contributed by atoms with Gasteiger partial charge in [0.2, 0.25) is 0 Å². The Kier molecular flexibility index (Phi) is 5.95. The number of methoxy groups -OCH3 is 1. The van der Waals surface area contributed by atoms with Gasteiger partial charge >= 0.3 is 5.97 Å². The Balaban J connectivity index is 2.36. The normalized spacial score (nSPS) is 10.2. The fraction of sp³-hybridized carbons (Fsp3) is 0.263. The first-order chi connectivity index (χ1) is 11.6. The molecule has 1 N–H and O–H groups in total. The largest absolute Gasteiger partial charge is 0.508 e. The molecule has 0 aliphatic rings. The number of unbranched alkanes of at least 4 members (excludes halogenated alkanes) is 1. The number of carbonyl (C=O) groups is 2. The van der Waals surface area contributed by atoms with E-state index >= 15 is 0 Å². The maximum Gasteiger partial charge on any atom is 0.338 e. The zero-order valence-electron chi connectivity index (χ0n) is 13.7. The van der Waals surface area contributed by atoms with E-state index in [0.717, 1.165) is 12.8 Å². The van der Waals surface area contributed by atoms with Gasteiger partial charge in [-0.05, 0) is 48.9 Å². The number of benzene rings is 2. The van der Waals surface area contributed by atoms with Gasteiger partial charge in [0, 0.05) is 11.1 Å². The predicted octanol–water partition coefficient (Wildman–Crippen LogP) is 3.59. The van der Waals surface area contributed by atoms with Crippen LogP contribution in [0.4, 0.5) is 0 Å². The molecule has 126 valence electrons. The lowest BCUT2D eigenvalue weighted by molar-refractivity contribution is 0.0497. The highest BCUT2D eigenvalue weighted by atomic mass is 16.5. The third-order valence-electron chi connectivity index (χ3n) is 3.55. The Morgan fingerprint density at radius 2 is 1.75 bits per heavy atom. The Bertz CT molecular complexity index is 719. The highest BCUT2D eigenvalue weighted by Crippen LogP contribution is 2.23. The van der Waals surface area contributed by atoms with Crippen LogP contribution in [0.25, 0.3) is 0 Å². The van der Waals surface area contributed by atoms with Crippen molar-refractivity contribution in [2.45, 2.75) is 19.8 Å². The van der Waals surface area contributed by atoms with Crippen LogP contribution in [0.1, 0.15) is 46.0 Å². The molecule has 0 radical (unpaired) electrons. The number of hydrogen-bond acceptors (Lipinski definition) is 5. The van der Waals surface area contributed by atoms with Gasteiger partial charge in [0.1, 0.15) is 11.5 Å². The summed E-state index contributed by atoms with van der Waals surface area (Å²) in [4.78, 5) is 25.0. The molecule has 0 atom stereocenters. The number of phenols is 1. The molecule has 5 nitrogen and oxygen atoms in total. The van der Waals surface area contributed by atoms with Gasteiger partial charge in [-0.25, -0.2) is 4.79 Å². The molecule has 2 rings (SSSR count). The molecule has 0 aliphatic heterocycles. The van der Waals surface area contributed by atoms with Gasteiger partial charge in [-0.1, -0.05) is 13.3 Å². The lowest BCUT2D eigenvalue weighted by atomic mass is 9.98. The summed E-state index contributed by atoms with van der Waals surface area (Å²) < 4.78 is 10.4. The zero-order valence-corrected chi connectivity index (χ0v) is 13.7. The fourth-order valence-corrected chi connectivity index (χ4v) is 2.17. The van der Waals surface area contributed by atoms with Crippen LogP contribution in [0.2, 0.25) is 0 Å². The summed E-state index contributed by atoms with van der Waals surface area (Å²) in [7, 11) is 1.49. The molecule has 0 bridgehead atoms. The van der Waals surface area contributed by atoms with Crippen molar-refractivity contribution in [2.24, 2.45) is 0 Å². The van der Waals surface area contributed by atoms with Crippen molar-refractivity contribution in [3.8, 4) is 11.5 Å². The van der Waals surface area contributed by atoms with Crippen LogP contribution in [0.5, 0.6) is 11.5 Å². The Morgan fingerprint density at radius 3 is 2.38 bits per heavy atom. The van der Waals surface area contributed by atoms with E-state index in [9.17, 15) is 14.7 Å². The summed E-state index contributed by atoms with van der Waals surface area (Å²) in [5, 5.41) is 9.35. The second kappa shape index (κ2) is 8.15. The predicted molar refractivity (Wildman–Crippen MR) is 89.7 cm³/mol. The molecule has 5 heteroatoms. The van der Waals surface area contributed by atoms with Crippen molar-refractivity contribution < 1.29 is 24.2 Å². The SMILES string of the molecule is CCCCOC(=O)c1ccc(OC)cc1C(=O)c1ccc(O)cc1. The van der Waals surface area contributed by atoms with Crippen molar-refractivity contribution in [3.05, 3.63) is 59.2 Å². The Hall–Kier alpha value is -2.82. The molecule has 0 amide bonds. The second-order valence-electron chi connectivity index (χ2n) is 5.28. The van der Waals surface area contributed by atoms with Crippen LogP contribution in [0, 0.1) is 0 Å². The summed E-state index contributed by atoms with van der Waals surface area (Å²) in [5.41, 5.74) is 0.773. The average molecular weight is 328 g/mol. The van der Waals surface area contributed by atoms with E-state index in [-0.39, 0.29) is 22.7 Å². The first-order valence-electron chi connectivity index (χ1n) is 7.75. The number of aromatic hydroxyl groups is 1. The van der Waals surface area contributed by atoms with E-state index in [1.54, 1.807) is 6.07 Å². The van der Waals surface area contributed by atoms with E-state index in [1.807, 2.05) is 6.92 Å². The second-order valence-corrected chi connectivity index (χ2v) is 5.28. The summed E-state index contributed by atoms with van der Waals surface area (Å²) in [6.07, 6.45) is 1.68. The molecular weight excluding hydrogens is 308 g/mol. The van der Waals surface area contributed by atoms with Crippen LogP contribution >= 0.6 is 0 Å². The van der Waals surface area contributed by atoms with Crippen molar-refractivity contribution in [2.75, 3.05) is 13.7 Å². The van der Waals surface area contributed by atoms with Crippen molar-refractivity contribution in [3.63, 3.8) is 0 Å². The summed E-state index contributed by atoms with van der Waals surface area (Å²) >= 11 is 0. The third-order valence-corrected chi connectivity index (χ3v) is 3.55. The first-order valence-corrected chi connectivity index (χ1v) is 7.75. The minimum absolute atomic E-state index is 0.0661. The van der Waals surface area contributed by atoms with Crippen LogP contribution in [0.15, 0.2) is 42.5 Å². The number of phenolic OH excluding ortho intramolecular Hbond substituents is 1. The third kappa shape index (κ3) is 4.13. The number of hydrogen-bond donors (Lipinski definition) is 1. The molecule has 0 fully saturated rings. The topological polar surface area (TPSA) is 72.8 Å². The van der Waals surface area contributed by atoms with E-state index in [1.165, 1.54) is 43.5 Å². The number of rotatable bonds is 7. The molecule has 2 aromatic rings. The molecular formula is C19H20O5. The van der Waals surface area contributed by atoms with Crippen LogP contribution in [-0.4, -0.2) is 30.6 Å². The molecule has 0 aliphatic carbocycles. The molecule has 0 aromatic heterocycles. The number of ether oxygens (including phenoxy) is 2. The van der Waals surface area contributed by atoms with Gasteiger partial charge in [0.05, 0.1) is 19.3 Å². The minimum atomic E-state index is -0.534. The fourth-order valence-electron chi connectivity index (χ4n) is 2.17. The van der Waals surface area contributed by atoms with Crippen LogP contribution < -0.4 is 4.74 Å². The first kappa shape index (κ1) is 17.5. The van der Waals surface area contributed by atoms with Gasteiger partial charge < -0.3 is 14.6 Å². The average Bonchev–Trinajstić information content (AvgIpc) is 2.61. The standard InChI is InChI=1S/C19H20O5/c1-3-4-11-24-19(22)16-10-9-15(23-2)12-17(16)18(21)13-5-7-14(20)8-6-13/h5-10,12,20H,3-4,11H2,1-2H3. The summed E-state index contributed by atoms with van der Waals surface area (Å²) in [6, 6.07) is 10.5. The van der Waals surface area contributed by atoms with Gasteiger partial charge in [0.25, 0.3) is 0 Å². The lowest BCUT2D eigenvalue weighted by Gasteiger charge is -2.11. The molecule has 0 saturated carbocycles. The monoisotopic (exact) mass is 328 g/mol. The lowest BCUT2D eigenvalue weighted by Crippen LogP contribution is -2.13.